The van der Waals surface area contributed by atoms with Gasteiger partial charge >= 0.3 is 0 Å². The Morgan fingerprint density at radius 3 is 2.78 bits per heavy atom. The number of aromatic amines is 1. The van der Waals surface area contributed by atoms with E-state index in [1.165, 1.54) is 0 Å². The molecular formula is C13H14N3O2. The zero-order valence-electron chi connectivity index (χ0n) is 9.90. The maximum atomic E-state index is 12.0. The van der Waals surface area contributed by atoms with Crippen LogP contribution >= 0.6 is 0 Å². The van der Waals surface area contributed by atoms with Crippen LogP contribution in [-0.4, -0.2) is 31.3 Å². The third kappa shape index (κ3) is 1.93. The monoisotopic (exact) mass is 244 g/mol. The molecule has 18 heavy (non-hydrogen) atoms. The normalized spacial score (nSPS) is 16.1. The average molecular weight is 244 g/mol. The Hall–Kier alpha value is -2.01. The Morgan fingerprint density at radius 1 is 1.22 bits per heavy atom. The van der Waals surface area contributed by atoms with E-state index in [1.807, 2.05) is 11.0 Å². The number of rotatable bonds is 1. The molecule has 2 N–H and O–H groups in total. The van der Waals surface area contributed by atoms with Gasteiger partial charge in [-0.1, -0.05) is 0 Å². The van der Waals surface area contributed by atoms with Gasteiger partial charge in [0, 0.05) is 24.0 Å². The van der Waals surface area contributed by atoms with Crippen LogP contribution < -0.4 is 16.2 Å². The van der Waals surface area contributed by atoms with Crippen LogP contribution in [0.15, 0.2) is 29.1 Å². The van der Waals surface area contributed by atoms with Gasteiger partial charge in [-0.15, -0.1) is 0 Å². The number of pyridine rings is 1. The molecule has 1 aliphatic rings. The van der Waals surface area contributed by atoms with Crippen LogP contribution in [0.2, 0.25) is 0 Å². The average Bonchev–Trinajstić information content (AvgIpc) is 2.39. The second-order valence-corrected chi connectivity index (χ2v) is 4.39. The predicted octanol–water partition coefficient (Wildman–Crippen LogP) is 1.28. The second-order valence-electron chi connectivity index (χ2n) is 4.39. The van der Waals surface area contributed by atoms with Gasteiger partial charge in [-0.3, -0.25) is 4.79 Å². The molecule has 1 aliphatic heterocycles. The SMILES string of the molecule is [NH]c1ccc2[nH]c(=O)c(N3CCOCC3)cc2c1. The molecule has 5 heteroatoms. The molecule has 0 aliphatic carbocycles. The highest BCUT2D eigenvalue weighted by Gasteiger charge is 2.14. The van der Waals surface area contributed by atoms with Crippen LogP contribution in [0.3, 0.4) is 0 Å². The van der Waals surface area contributed by atoms with Crippen LogP contribution in [0.25, 0.3) is 10.9 Å². The van der Waals surface area contributed by atoms with Crippen molar-refractivity contribution in [3.8, 4) is 0 Å². The van der Waals surface area contributed by atoms with E-state index >= 15 is 0 Å². The van der Waals surface area contributed by atoms with E-state index in [-0.39, 0.29) is 5.56 Å². The number of aromatic nitrogens is 1. The fourth-order valence-corrected chi connectivity index (χ4v) is 2.23. The molecule has 0 atom stereocenters. The lowest BCUT2D eigenvalue weighted by Crippen LogP contribution is -2.39. The zero-order chi connectivity index (χ0) is 12.5. The second kappa shape index (κ2) is 4.34. The fraction of sp³-hybridized carbons (Fsp3) is 0.308. The van der Waals surface area contributed by atoms with E-state index < -0.39 is 0 Å². The van der Waals surface area contributed by atoms with Gasteiger partial charge < -0.3 is 20.4 Å². The van der Waals surface area contributed by atoms with E-state index in [0.29, 0.717) is 24.6 Å². The molecule has 2 aromatic rings. The van der Waals surface area contributed by atoms with Gasteiger partial charge in [-0.25, -0.2) is 0 Å². The summed E-state index contributed by atoms with van der Waals surface area (Å²) in [6.45, 7) is 2.76. The molecular weight excluding hydrogens is 230 g/mol. The van der Waals surface area contributed by atoms with E-state index in [1.54, 1.807) is 18.2 Å². The maximum Gasteiger partial charge on any atom is 0.271 e. The van der Waals surface area contributed by atoms with Gasteiger partial charge in [0.15, 0.2) is 0 Å². The minimum absolute atomic E-state index is 0.0814. The Kier molecular flexibility index (Phi) is 2.68. The number of morpholine rings is 1. The summed E-state index contributed by atoms with van der Waals surface area (Å²) in [5.74, 6) is 0. The lowest BCUT2D eigenvalue weighted by molar-refractivity contribution is 0.122. The standard InChI is InChI=1S/C13H14N3O2/c14-10-1-2-11-9(7-10)8-12(13(17)15-11)16-3-5-18-6-4-16/h1-2,7-8,14H,3-6H2,(H,15,17). The van der Waals surface area contributed by atoms with E-state index in [9.17, 15) is 4.79 Å². The van der Waals surface area contributed by atoms with Crippen molar-refractivity contribution in [2.24, 2.45) is 0 Å². The fourth-order valence-electron chi connectivity index (χ4n) is 2.23. The lowest BCUT2D eigenvalue weighted by Gasteiger charge is -2.28. The first kappa shape index (κ1) is 11.1. The molecule has 0 saturated carbocycles. The molecule has 0 bridgehead atoms. The molecule has 1 saturated heterocycles. The zero-order valence-corrected chi connectivity index (χ0v) is 9.90. The molecule has 1 fully saturated rings. The van der Waals surface area contributed by atoms with Crippen LogP contribution in [-0.2, 0) is 4.74 Å². The summed E-state index contributed by atoms with van der Waals surface area (Å²) >= 11 is 0. The number of nitrogens with zero attached hydrogens (tertiary/aromatic N) is 1. The largest absolute Gasteiger partial charge is 0.378 e. The number of H-pyrrole nitrogens is 1. The van der Waals surface area contributed by atoms with E-state index in [0.717, 1.165) is 24.0 Å². The Bertz CT molecular complexity index is 630. The van der Waals surface area contributed by atoms with Gasteiger partial charge in [-0.05, 0) is 24.3 Å². The summed E-state index contributed by atoms with van der Waals surface area (Å²) in [6, 6.07) is 7.06. The molecule has 5 nitrogen and oxygen atoms in total. The van der Waals surface area contributed by atoms with Crippen LogP contribution in [0.5, 0.6) is 0 Å². The summed E-state index contributed by atoms with van der Waals surface area (Å²) in [6.07, 6.45) is 0. The summed E-state index contributed by atoms with van der Waals surface area (Å²) in [5, 5.41) is 0.892. The molecule has 0 amide bonds. The van der Waals surface area contributed by atoms with Crippen molar-refractivity contribution in [2.75, 3.05) is 31.2 Å². The molecule has 1 aromatic carbocycles. The quantitative estimate of drug-likeness (QED) is 0.821. The molecule has 2 heterocycles. The maximum absolute atomic E-state index is 12.0. The predicted molar refractivity (Wildman–Crippen MR) is 70.4 cm³/mol. The molecule has 1 aromatic heterocycles. The van der Waals surface area contributed by atoms with Gasteiger partial charge in [0.2, 0.25) is 0 Å². The number of nitrogens with one attached hydrogen (secondary N) is 2. The van der Waals surface area contributed by atoms with Crippen molar-refractivity contribution >= 4 is 22.3 Å². The highest BCUT2D eigenvalue weighted by Crippen LogP contribution is 2.20. The van der Waals surface area contributed by atoms with Crippen molar-refractivity contribution < 1.29 is 4.74 Å². The molecule has 93 valence electrons. The third-order valence-electron chi connectivity index (χ3n) is 3.18. The summed E-state index contributed by atoms with van der Waals surface area (Å²) in [4.78, 5) is 16.9. The number of hydrogen-bond acceptors (Lipinski definition) is 3. The summed E-state index contributed by atoms with van der Waals surface area (Å²) in [5.41, 5.74) is 9.42. The topological polar surface area (TPSA) is 69.1 Å². The van der Waals surface area contributed by atoms with Crippen LogP contribution in [0, 0.1) is 0 Å². The third-order valence-corrected chi connectivity index (χ3v) is 3.18. The number of ether oxygens (including phenoxy) is 1. The lowest BCUT2D eigenvalue weighted by atomic mass is 10.2. The summed E-state index contributed by atoms with van der Waals surface area (Å²) in [7, 11) is 0. The Labute approximate surface area is 104 Å². The van der Waals surface area contributed by atoms with Crippen LogP contribution in [0.4, 0.5) is 11.4 Å². The van der Waals surface area contributed by atoms with Gasteiger partial charge in [0.1, 0.15) is 5.69 Å². The highest BCUT2D eigenvalue weighted by molar-refractivity contribution is 5.84. The summed E-state index contributed by atoms with van der Waals surface area (Å²) < 4.78 is 5.28. The van der Waals surface area contributed by atoms with Gasteiger partial charge in [0.25, 0.3) is 5.56 Å². The number of anilines is 1. The Morgan fingerprint density at radius 2 is 2.00 bits per heavy atom. The smallest absolute Gasteiger partial charge is 0.271 e. The van der Waals surface area contributed by atoms with Gasteiger partial charge in [-0.2, -0.15) is 0 Å². The molecule has 0 spiro atoms. The molecule has 0 unspecified atom stereocenters. The number of hydrogen-bond donors (Lipinski definition) is 1. The van der Waals surface area contributed by atoms with Crippen LogP contribution in [0.1, 0.15) is 0 Å². The first-order valence-electron chi connectivity index (χ1n) is 5.95. The van der Waals surface area contributed by atoms with Gasteiger partial charge in [0.05, 0.1) is 18.9 Å². The minimum Gasteiger partial charge on any atom is -0.378 e. The molecule has 1 radical (unpaired) electrons. The molecule has 3 rings (SSSR count). The van der Waals surface area contributed by atoms with Crippen molar-refractivity contribution in [1.82, 2.24) is 10.7 Å². The van der Waals surface area contributed by atoms with Crippen molar-refractivity contribution in [1.29, 1.82) is 0 Å². The number of fused-ring (bicyclic) bond motifs is 1. The highest BCUT2D eigenvalue weighted by atomic mass is 16.5. The van der Waals surface area contributed by atoms with E-state index in [4.69, 9.17) is 10.5 Å². The van der Waals surface area contributed by atoms with Crippen molar-refractivity contribution in [3.63, 3.8) is 0 Å². The first-order chi connectivity index (χ1) is 8.74. The van der Waals surface area contributed by atoms with E-state index in [2.05, 4.69) is 4.98 Å². The first-order valence-corrected chi connectivity index (χ1v) is 5.95. The minimum atomic E-state index is -0.0814. The van der Waals surface area contributed by atoms with Crippen molar-refractivity contribution in [3.05, 3.63) is 34.6 Å². The Balaban J connectivity index is 2.10. The number of benzene rings is 1. The van der Waals surface area contributed by atoms with Crippen molar-refractivity contribution in [2.45, 2.75) is 0 Å².